The Hall–Kier alpha value is -1.69. The highest BCUT2D eigenvalue weighted by Gasteiger charge is 2.15. The number of aryl methyl sites for hydroxylation is 2. The molecule has 0 fully saturated rings. The van der Waals surface area contributed by atoms with Crippen molar-refractivity contribution in [2.75, 3.05) is 0 Å². The fourth-order valence-corrected chi connectivity index (χ4v) is 2.85. The summed E-state index contributed by atoms with van der Waals surface area (Å²) < 4.78 is 6.49. The van der Waals surface area contributed by atoms with Crippen molar-refractivity contribution in [3.8, 4) is 0 Å². The van der Waals surface area contributed by atoms with Gasteiger partial charge >= 0.3 is 5.97 Å². The van der Waals surface area contributed by atoms with Crippen LogP contribution in [0.2, 0.25) is 0 Å². The van der Waals surface area contributed by atoms with Gasteiger partial charge in [0.25, 0.3) is 5.56 Å². The van der Waals surface area contributed by atoms with E-state index in [0.717, 1.165) is 21.7 Å². The van der Waals surface area contributed by atoms with Crippen molar-refractivity contribution in [2.24, 2.45) is 0 Å². The van der Waals surface area contributed by atoms with Gasteiger partial charge in [0, 0.05) is 4.88 Å². The zero-order valence-corrected chi connectivity index (χ0v) is 12.9. The number of ether oxygens (including phenoxy) is 1. The summed E-state index contributed by atoms with van der Waals surface area (Å²) in [5.74, 6) is -0.410. The van der Waals surface area contributed by atoms with E-state index < -0.39 is 5.97 Å². The summed E-state index contributed by atoms with van der Waals surface area (Å²) >= 11 is 1.49. The second-order valence-corrected chi connectivity index (χ2v) is 6.05. The van der Waals surface area contributed by atoms with E-state index in [-0.39, 0.29) is 18.2 Å². The molecule has 0 aliphatic rings. The first-order valence-corrected chi connectivity index (χ1v) is 7.40. The normalized spacial score (nSPS) is 12.6. The first-order valence-electron chi connectivity index (χ1n) is 6.58. The number of carbonyl (C=O) groups is 1. The predicted molar refractivity (Wildman–Crippen MR) is 79.2 cm³/mol. The minimum atomic E-state index is -0.410. The van der Waals surface area contributed by atoms with Crippen LogP contribution in [0, 0.1) is 13.8 Å². The van der Waals surface area contributed by atoms with E-state index in [2.05, 4.69) is 4.98 Å². The molecule has 0 bridgehead atoms. The summed E-state index contributed by atoms with van der Waals surface area (Å²) in [6.45, 7) is 7.53. The van der Waals surface area contributed by atoms with Gasteiger partial charge in [0.2, 0.25) is 0 Å². The first-order chi connectivity index (χ1) is 9.43. The molecule has 0 spiro atoms. The molecule has 0 N–H and O–H groups in total. The molecule has 1 atom stereocenters. The molecule has 2 rings (SSSR count). The van der Waals surface area contributed by atoms with Gasteiger partial charge in [-0.3, -0.25) is 14.2 Å². The van der Waals surface area contributed by atoms with Crippen molar-refractivity contribution in [3.63, 3.8) is 0 Å². The lowest BCUT2D eigenvalue weighted by Crippen LogP contribution is -2.27. The number of aromatic nitrogens is 2. The van der Waals surface area contributed by atoms with Crippen molar-refractivity contribution >= 4 is 27.5 Å². The van der Waals surface area contributed by atoms with Gasteiger partial charge in [-0.05, 0) is 32.8 Å². The molecule has 2 aromatic rings. The fraction of sp³-hybridized carbons (Fsp3) is 0.500. The number of rotatable bonds is 4. The Bertz CT molecular complexity index is 702. The molecule has 6 heteroatoms. The number of hydrogen-bond acceptors (Lipinski definition) is 5. The number of thiophene rings is 1. The lowest BCUT2D eigenvalue weighted by atomic mass is 10.2. The molecular formula is C14H18N2O3S. The molecule has 0 aliphatic heterocycles. The predicted octanol–water partition coefficient (Wildman–Crippen LogP) is 2.42. The monoisotopic (exact) mass is 294 g/mol. The van der Waals surface area contributed by atoms with Crippen LogP contribution in [0.1, 0.15) is 30.7 Å². The Morgan fingerprint density at radius 1 is 1.50 bits per heavy atom. The molecule has 0 radical (unpaired) electrons. The molecule has 2 aromatic heterocycles. The highest BCUT2D eigenvalue weighted by Crippen LogP contribution is 2.25. The maximum absolute atomic E-state index is 12.4. The van der Waals surface area contributed by atoms with Crippen molar-refractivity contribution in [1.82, 2.24) is 9.55 Å². The number of carbonyl (C=O) groups excluding carboxylic acids is 1. The molecule has 0 aliphatic carbocycles. The Labute approximate surface area is 121 Å². The SMILES string of the molecule is CCC(C)OC(=O)Cn1cnc2sc(C)c(C)c2c1=O. The topological polar surface area (TPSA) is 61.2 Å². The Morgan fingerprint density at radius 2 is 2.20 bits per heavy atom. The number of esters is 1. The summed E-state index contributed by atoms with van der Waals surface area (Å²) in [5.41, 5.74) is 0.755. The molecule has 5 nitrogen and oxygen atoms in total. The fourth-order valence-electron chi connectivity index (χ4n) is 1.87. The molecule has 0 amide bonds. The van der Waals surface area contributed by atoms with Gasteiger partial charge in [-0.15, -0.1) is 11.3 Å². The van der Waals surface area contributed by atoms with Gasteiger partial charge in [0.15, 0.2) is 0 Å². The Balaban J connectivity index is 2.32. The molecule has 0 saturated carbocycles. The van der Waals surface area contributed by atoms with Crippen LogP contribution in [0.3, 0.4) is 0 Å². The zero-order chi connectivity index (χ0) is 14.9. The maximum Gasteiger partial charge on any atom is 0.326 e. The maximum atomic E-state index is 12.4. The molecule has 108 valence electrons. The zero-order valence-electron chi connectivity index (χ0n) is 12.1. The van der Waals surface area contributed by atoms with E-state index in [1.54, 1.807) is 0 Å². The van der Waals surface area contributed by atoms with Crippen LogP contribution in [0.25, 0.3) is 10.2 Å². The minimum absolute atomic E-state index is 0.0968. The average Bonchev–Trinajstić information content (AvgIpc) is 2.69. The van der Waals surface area contributed by atoms with Gasteiger partial charge in [0.1, 0.15) is 11.4 Å². The Kier molecular flexibility index (Phi) is 4.23. The van der Waals surface area contributed by atoms with E-state index in [1.165, 1.54) is 22.2 Å². The van der Waals surface area contributed by atoms with Gasteiger partial charge in [-0.1, -0.05) is 6.92 Å². The molecule has 20 heavy (non-hydrogen) atoms. The molecule has 0 aromatic carbocycles. The number of nitrogens with zero attached hydrogens (tertiary/aromatic N) is 2. The van der Waals surface area contributed by atoms with Crippen LogP contribution in [0.4, 0.5) is 0 Å². The average molecular weight is 294 g/mol. The second-order valence-electron chi connectivity index (χ2n) is 4.85. The van der Waals surface area contributed by atoms with Gasteiger partial charge in [0.05, 0.1) is 17.8 Å². The molecule has 0 saturated heterocycles. The van der Waals surface area contributed by atoms with Gasteiger partial charge < -0.3 is 4.74 Å². The third-order valence-electron chi connectivity index (χ3n) is 3.36. The summed E-state index contributed by atoms with van der Waals surface area (Å²) in [6.07, 6.45) is 2.03. The van der Waals surface area contributed by atoms with E-state index in [9.17, 15) is 9.59 Å². The van der Waals surface area contributed by atoms with Crippen molar-refractivity contribution in [2.45, 2.75) is 46.8 Å². The summed E-state index contributed by atoms with van der Waals surface area (Å²) in [4.78, 5) is 30.2. The third-order valence-corrected chi connectivity index (χ3v) is 4.48. The minimum Gasteiger partial charge on any atom is -0.461 e. The standard InChI is InChI=1S/C14H18N2O3S/c1-5-8(2)19-11(17)6-16-7-15-13-12(14(16)18)9(3)10(4)20-13/h7-8H,5-6H2,1-4H3. The van der Waals surface area contributed by atoms with Crippen molar-refractivity contribution in [1.29, 1.82) is 0 Å². The Morgan fingerprint density at radius 3 is 2.85 bits per heavy atom. The summed E-state index contributed by atoms with van der Waals surface area (Å²) in [7, 11) is 0. The second kappa shape index (κ2) is 5.75. The van der Waals surface area contributed by atoms with Crippen LogP contribution >= 0.6 is 11.3 Å². The quantitative estimate of drug-likeness (QED) is 0.812. The van der Waals surface area contributed by atoms with Crippen LogP contribution < -0.4 is 5.56 Å². The van der Waals surface area contributed by atoms with Crippen LogP contribution in [-0.4, -0.2) is 21.6 Å². The lowest BCUT2D eigenvalue weighted by molar-refractivity contribution is -0.149. The highest BCUT2D eigenvalue weighted by atomic mass is 32.1. The first kappa shape index (κ1) is 14.7. The van der Waals surface area contributed by atoms with Crippen molar-refractivity contribution < 1.29 is 9.53 Å². The van der Waals surface area contributed by atoms with Crippen LogP contribution in [0.15, 0.2) is 11.1 Å². The molecule has 2 heterocycles. The summed E-state index contributed by atoms with van der Waals surface area (Å²) in [5, 5.41) is 0.603. The number of hydrogen-bond donors (Lipinski definition) is 0. The summed E-state index contributed by atoms with van der Waals surface area (Å²) in [6, 6.07) is 0. The van der Waals surface area contributed by atoms with E-state index in [0.29, 0.717) is 5.39 Å². The molecule has 1 unspecified atom stereocenters. The van der Waals surface area contributed by atoms with Crippen LogP contribution in [0.5, 0.6) is 0 Å². The highest BCUT2D eigenvalue weighted by molar-refractivity contribution is 7.18. The molecular weight excluding hydrogens is 276 g/mol. The smallest absolute Gasteiger partial charge is 0.326 e. The van der Waals surface area contributed by atoms with E-state index in [4.69, 9.17) is 4.74 Å². The largest absolute Gasteiger partial charge is 0.461 e. The number of fused-ring (bicyclic) bond motifs is 1. The van der Waals surface area contributed by atoms with Crippen molar-refractivity contribution in [3.05, 3.63) is 27.1 Å². The third kappa shape index (κ3) is 2.75. The lowest BCUT2D eigenvalue weighted by Gasteiger charge is -2.11. The van der Waals surface area contributed by atoms with Gasteiger partial charge in [-0.2, -0.15) is 0 Å². The van der Waals surface area contributed by atoms with E-state index in [1.807, 2.05) is 27.7 Å². The van der Waals surface area contributed by atoms with Gasteiger partial charge in [-0.25, -0.2) is 4.98 Å². The van der Waals surface area contributed by atoms with E-state index >= 15 is 0 Å². The van der Waals surface area contributed by atoms with Crippen LogP contribution in [-0.2, 0) is 16.1 Å².